The molecule has 0 atom stereocenters. The van der Waals surface area contributed by atoms with Gasteiger partial charge in [-0.15, -0.1) is 0 Å². The monoisotopic (exact) mass is 286 g/mol. The zero-order chi connectivity index (χ0) is 14.7. The summed E-state index contributed by atoms with van der Waals surface area (Å²) in [5.41, 5.74) is 5.98. The first-order chi connectivity index (χ1) is 10.3. The molecule has 1 aromatic carbocycles. The molecule has 0 spiro atoms. The van der Waals surface area contributed by atoms with Crippen LogP contribution in [-0.2, 0) is 11.3 Å². The molecule has 21 heavy (non-hydrogen) atoms. The Bertz CT molecular complexity index is 672. The van der Waals surface area contributed by atoms with Crippen LogP contribution in [0.3, 0.4) is 0 Å². The second-order valence-electron chi connectivity index (χ2n) is 5.74. The molecule has 112 valence electrons. The predicted octanol–water partition coefficient (Wildman–Crippen LogP) is 2.93. The van der Waals surface area contributed by atoms with Gasteiger partial charge in [0.2, 0.25) is 0 Å². The van der Waals surface area contributed by atoms with Crippen LogP contribution in [0, 0.1) is 0 Å². The van der Waals surface area contributed by atoms with E-state index in [1.807, 2.05) is 30.3 Å². The van der Waals surface area contributed by atoms with Crippen LogP contribution in [-0.4, -0.2) is 17.3 Å². The summed E-state index contributed by atoms with van der Waals surface area (Å²) in [6.45, 7) is 1.07. The summed E-state index contributed by atoms with van der Waals surface area (Å²) >= 11 is 0. The van der Waals surface area contributed by atoms with E-state index in [0.29, 0.717) is 30.5 Å². The van der Waals surface area contributed by atoms with Crippen LogP contribution in [0.4, 0.5) is 5.82 Å². The summed E-state index contributed by atoms with van der Waals surface area (Å²) in [5.74, 6) is 0.506. The van der Waals surface area contributed by atoms with Gasteiger partial charge in [0.1, 0.15) is 5.82 Å². The summed E-state index contributed by atoms with van der Waals surface area (Å²) < 4.78 is 7.51. The van der Waals surface area contributed by atoms with Gasteiger partial charge in [-0.25, -0.2) is 0 Å². The molecule has 2 aromatic rings. The standard InChI is InChI=1S/C17H22N2O2/c18-16-12-13-6-4-5-9-15(13)17(20)19(16)10-11-21-14-7-2-1-3-8-14/h4-6,9,12,14H,1-3,7-8,10-11,18H2. The molecular formula is C17H22N2O2. The third kappa shape index (κ3) is 3.10. The highest BCUT2D eigenvalue weighted by Gasteiger charge is 2.14. The number of aromatic nitrogens is 1. The second-order valence-corrected chi connectivity index (χ2v) is 5.74. The summed E-state index contributed by atoms with van der Waals surface area (Å²) in [7, 11) is 0. The number of rotatable bonds is 4. The van der Waals surface area contributed by atoms with Crippen molar-refractivity contribution in [2.45, 2.75) is 44.8 Å². The first-order valence-corrected chi connectivity index (χ1v) is 7.75. The van der Waals surface area contributed by atoms with Gasteiger partial charge in [-0.2, -0.15) is 0 Å². The second kappa shape index (κ2) is 6.31. The Morgan fingerprint density at radius 3 is 2.76 bits per heavy atom. The van der Waals surface area contributed by atoms with Crippen molar-refractivity contribution in [2.24, 2.45) is 0 Å². The van der Waals surface area contributed by atoms with Gasteiger partial charge in [0.25, 0.3) is 5.56 Å². The molecule has 0 bridgehead atoms. The minimum Gasteiger partial charge on any atom is -0.385 e. The van der Waals surface area contributed by atoms with Crippen LogP contribution in [0.1, 0.15) is 32.1 Å². The Hall–Kier alpha value is -1.81. The van der Waals surface area contributed by atoms with E-state index in [9.17, 15) is 4.79 Å². The minimum atomic E-state index is -0.0298. The minimum absolute atomic E-state index is 0.0298. The van der Waals surface area contributed by atoms with Crippen LogP contribution in [0.25, 0.3) is 10.8 Å². The molecule has 2 N–H and O–H groups in total. The van der Waals surface area contributed by atoms with Gasteiger partial charge in [0.15, 0.2) is 0 Å². The van der Waals surface area contributed by atoms with Crippen LogP contribution >= 0.6 is 0 Å². The topological polar surface area (TPSA) is 57.2 Å². The third-order valence-electron chi connectivity index (χ3n) is 4.27. The predicted molar refractivity (Wildman–Crippen MR) is 85.4 cm³/mol. The van der Waals surface area contributed by atoms with Gasteiger partial charge in [-0.05, 0) is 30.4 Å². The molecule has 0 radical (unpaired) electrons. The van der Waals surface area contributed by atoms with E-state index in [0.717, 1.165) is 18.2 Å². The van der Waals surface area contributed by atoms with Gasteiger partial charge in [0.05, 0.1) is 19.3 Å². The van der Waals surface area contributed by atoms with Crippen LogP contribution < -0.4 is 11.3 Å². The molecule has 1 aliphatic rings. The van der Waals surface area contributed by atoms with Gasteiger partial charge < -0.3 is 10.5 Å². The van der Waals surface area contributed by atoms with Crippen molar-refractivity contribution in [1.29, 1.82) is 0 Å². The van der Waals surface area contributed by atoms with Crippen LogP contribution in [0.2, 0.25) is 0 Å². The molecule has 0 amide bonds. The molecule has 0 saturated heterocycles. The molecule has 1 aliphatic carbocycles. The van der Waals surface area contributed by atoms with Crippen molar-refractivity contribution in [1.82, 2.24) is 4.57 Å². The van der Waals surface area contributed by atoms with E-state index < -0.39 is 0 Å². The molecule has 1 saturated carbocycles. The lowest BCUT2D eigenvalue weighted by Crippen LogP contribution is -2.27. The van der Waals surface area contributed by atoms with Crippen LogP contribution in [0.15, 0.2) is 35.1 Å². The first-order valence-electron chi connectivity index (χ1n) is 7.75. The lowest BCUT2D eigenvalue weighted by Gasteiger charge is -2.22. The maximum Gasteiger partial charge on any atom is 0.260 e. The Morgan fingerprint density at radius 1 is 1.19 bits per heavy atom. The Kier molecular flexibility index (Phi) is 4.25. The van der Waals surface area contributed by atoms with Crippen molar-refractivity contribution >= 4 is 16.6 Å². The van der Waals surface area contributed by atoms with Crippen molar-refractivity contribution in [3.63, 3.8) is 0 Å². The zero-order valence-electron chi connectivity index (χ0n) is 12.3. The molecule has 1 aromatic heterocycles. The van der Waals surface area contributed by atoms with E-state index >= 15 is 0 Å². The average molecular weight is 286 g/mol. The fourth-order valence-electron chi connectivity index (χ4n) is 3.09. The van der Waals surface area contributed by atoms with E-state index in [4.69, 9.17) is 10.5 Å². The number of fused-ring (bicyclic) bond motifs is 1. The SMILES string of the molecule is Nc1cc2ccccc2c(=O)n1CCOC1CCCCC1. The highest BCUT2D eigenvalue weighted by atomic mass is 16.5. The van der Waals surface area contributed by atoms with Crippen molar-refractivity contribution in [3.8, 4) is 0 Å². The summed E-state index contributed by atoms with van der Waals surface area (Å²) in [6.07, 6.45) is 6.46. The maximum atomic E-state index is 12.5. The number of nitrogens with two attached hydrogens (primary N) is 1. The third-order valence-corrected chi connectivity index (χ3v) is 4.27. The van der Waals surface area contributed by atoms with E-state index in [-0.39, 0.29) is 5.56 Å². The van der Waals surface area contributed by atoms with Gasteiger partial charge in [0, 0.05) is 5.39 Å². The zero-order valence-corrected chi connectivity index (χ0v) is 12.3. The first kappa shape index (κ1) is 14.1. The molecule has 3 rings (SSSR count). The number of hydrogen-bond acceptors (Lipinski definition) is 3. The normalized spacial score (nSPS) is 16.4. The lowest BCUT2D eigenvalue weighted by molar-refractivity contribution is 0.0240. The van der Waals surface area contributed by atoms with Crippen molar-refractivity contribution < 1.29 is 4.74 Å². The number of anilines is 1. The van der Waals surface area contributed by atoms with Crippen molar-refractivity contribution in [2.75, 3.05) is 12.3 Å². The lowest BCUT2D eigenvalue weighted by atomic mass is 9.98. The Balaban J connectivity index is 1.73. The van der Waals surface area contributed by atoms with Gasteiger partial charge in [-0.1, -0.05) is 37.5 Å². The Labute approximate surface area is 124 Å². The average Bonchev–Trinajstić information content (AvgIpc) is 2.51. The molecule has 4 nitrogen and oxygen atoms in total. The summed E-state index contributed by atoms with van der Waals surface area (Å²) in [4.78, 5) is 12.5. The highest BCUT2D eigenvalue weighted by molar-refractivity contribution is 5.83. The van der Waals surface area contributed by atoms with Gasteiger partial charge >= 0.3 is 0 Å². The number of hydrogen-bond donors (Lipinski definition) is 1. The largest absolute Gasteiger partial charge is 0.385 e. The fraction of sp³-hybridized carbons (Fsp3) is 0.471. The number of pyridine rings is 1. The maximum absolute atomic E-state index is 12.5. The number of ether oxygens (including phenoxy) is 1. The van der Waals surface area contributed by atoms with E-state index in [1.165, 1.54) is 19.3 Å². The van der Waals surface area contributed by atoms with E-state index in [2.05, 4.69) is 0 Å². The number of nitrogens with zero attached hydrogens (tertiary/aromatic N) is 1. The smallest absolute Gasteiger partial charge is 0.260 e. The Morgan fingerprint density at radius 2 is 1.95 bits per heavy atom. The molecule has 1 fully saturated rings. The quantitative estimate of drug-likeness (QED) is 0.940. The van der Waals surface area contributed by atoms with E-state index in [1.54, 1.807) is 4.57 Å². The number of nitrogen functional groups attached to an aromatic ring is 1. The molecule has 0 unspecified atom stereocenters. The fourth-order valence-corrected chi connectivity index (χ4v) is 3.09. The van der Waals surface area contributed by atoms with Crippen molar-refractivity contribution in [3.05, 3.63) is 40.7 Å². The molecule has 0 aliphatic heterocycles. The van der Waals surface area contributed by atoms with Gasteiger partial charge in [-0.3, -0.25) is 9.36 Å². The summed E-state index contributed by atoms with van der Waals surface area (Å²) in [5, 5.41) is 1.61. The van der Waals surface area contributed by atoms with Crippen LogP contribution in [0.5, 0.6) is 0 Å². The molecule has 4 heteroatoms. The highest BCUT2D eigenvalue weighted by Crippen LogP contribution is 2.20. The molecule has 1 heterocycles. The number of benzene rings is 1. The molecular weight excluding hydrogens is 264 g/mol. The summed E-state index contributed by atoms with van der Waals surface area (Å²) in [6, 6.07) is 9.41.